The zero-order chi connectivity index (χ0) is 18.2. The minimum atomic E-state index is -0.296. The molecule has 2 aromatic rings. The van der Waals surface area contributed by atoms with Gasteiger partial charge >= 0.3 is 0 Å². The molecule has 2 aromatic carbocycles. The van der Waals surface area contributed by atoms with Crippen LogP contribution in [0.3, 0.4) is 0 Å². The molecule has 0 spiro atoms. The lowest BCUT2D eigenvalue weighted by molar-refractivity contribution is -0.119. The Bertz CT molecular complexity index is 744. The van der Waals surface area contributed by atoms with Gasteiger partial charge in [0.15, 0.2) is 6.61 Å². The number of carbonyl (C=O) groups is 2. The molecule has 0 radical (unpaired) electrons. The lowest BCUT2D eigenvalue weighted by Gasteiger charge is -2.11. The number of carbonyl (C=O) groups excluding carboxylic acids is 2. The summed E-state index contributed by atoms with van der Waals surface area (Å²) >= 11 is 0. The summed E-state index contributed by atoms with van der Waals surface area (Å²) in [5, 5.41) is 5.53. The summed E-state index contributed by atoms with van der Waals surface area (Å²) in [5.41, 5.74) is 1.21. The lowest BCUT2D eigenvalue weighted by atomic mass is 10.2. The van der Waals surface area contributed by atoms with E-state index in [2.05, 4.69) is 10.6 Å². The molecule has 132 valence electrons. The molecule has 2 N–H and O–H groups in total. The van der Waals surface area contributed by atoms with E-state index in [1.807, 2.05) is 13.8 Å². The Labute approximate surface area is 147 Å². The molecule has 0 aliphatic carbocycles. The number of benzene rings is 2. The molecule has 0 fully saturated rings. The van der Waals surface area contributed by atoms with Crippen molar-refractivity contribution in [2.75, 3.05) is 24.4 Å². The molecule has 6 heteroatoms. The molecule has 0 saturated heterocycles. The first-order valence-corrected chi connectivity index (χ1v) is 7.95. The molecule has 0 aliphatic heterocycles. The molecular weight excluding hydrogens is 320 g/mol. The van der Waals surface area contributed by atoms with Crippen molar-refractivity contribution in [2.45, 2.75) is 13.8 Å². The van der Waals surface area contributed by atoms with Crippen LogP contribution in [0.5, 0.6) is 11.5 Å². The van der Waals surface area contributed by atoms with Crippen LogP contribution in [0, 0.1) is 5.92 Å². The van der Waals surface area contributed by atoms with Crippen LogP contribution < -0.4 is 20.1 Å². The van der Waals surface area contributed by atoms with Gasteiger partial charge in [-0.2, -0.15) is 0 Å². The number of nitrogens with one attached hydrogen (secondary N) is 2. The van der Waals surface area contributed by atoms with Crippen molar-refractivity contribution < 1.29 is 19.1 Å². The van der Waals surface area contributed by atoms with Crippen molar-refractivity contribution in [3.05, 3.63) is 48.5 Å². The minimum absolute atomic E-state index is 0.0789. The molecule has 6 nitrogen and oxygen atoms in total. The predicted molar refractivity (Wildman–Crippen MR) is 97.0 cm³/mol. The highest BCUT2D eigenvalue weighted by molar-refractivity contribution is 5.95. The fourth-order valence-electron chi connectivity index (χ4n) is 2.00. The fraction of sp³-hybridized carbons (Fsp3) is 0.263. The number of methoxy groups -OCH3 is 1. The van der Waals surface area contributed by atoms with Gasteiger partial charge in [0.05, 0.1) is 7.11 Å². The largest absolute Gasteiger partial charge is 0.497 e. The average molecular weight is 342 g/mol. The van der Waals surface area contributed by atoms with Crippen molar-refractivity contribution in [1.82, 2.24) is 0 Å². The van der Waals surface area contributed by atoms with Gasteiger partial charge in [0, 0.05) is 23.4 Å². The Kier molecular flexibility index (Phi) is 6.39. The first-order chi connectivity index (χ1) is 12.0. The van der Waals surface area contributed by atoms with Crippen molar-refractivity contribution in [3.63, 3.8) is 0 Å². The summed E-state index contributed by atoms with van der Waals surface area (Å²) in [6, 6.07) is 14.0. The maximum atomic E-state index is 12.0. The molecule has 0 aromatic heterocycles. The van der Waals surface area contributed by atoms with Gasteiger partial charge in [0.1, 0.15) is 11.5 Å². The first kappa shape index (κ1) is 18.3. The second-order valence-electron chi connectivity index (χ2n) is 5.74. The van der Waals surface area contributed by atoms with Crippen LogP contribution in [-0.2, 0) is 9.59 Å². The molecule has 25 heavy (non-hydrogen) atoms. The zero-order valence-electron chi connectivity index (χ0n) is 14.5. The monoisotopic (exact) mass is 342 g/mol. The number of hydrogen-bond acceptors (Lipinski definition) is 4. The molecular formula is C19H22N2O4. The van der Waals surface area contributed by atoms with E-state index in [9.17, 15) is 9.59 Å². The average Bonchev–Trinajstić information content (AvgIpc) is 2.60. The third kappa shape index (κ3) is 5.84. The molecule has 0 aliphatic rings. The lowest BCUT2D eigenvalue weighted by Crippen LogP contribution is -2.21. The van der Waals surface area contributed by atoms with Crippen molar-refractivity contribution >= 4 is 23.2 Å². The number of hydrogen-bond donors (Lipinski definition) is 2. The Morgan fingerprint density at radius 3 is 2.28 bits per heavy atom. The maximum Gasteiger partial charge on any atom is 0.262 e. The molecule has 0 unspecified atom stereocenters. The van der Waals surface area contributed by atoms with Gasteiger partial charge in [-0.1, -0.05) is 26.0 Å². The maximum absolute atomic E-state index is 12.0. The second kappa shape index (κ2) is 8.73. The van der Waals surface area contributed by atoms with E-state index in [0.29, 0.717) is 22.9 Å². The summed E-state index contributed by atoms with van der Waals surface area (Å²) in [7, 11) is 1.57. The zero-order valence-corrected chi connectivity index (χ0v) is 14.5. The van der Waals surface area contributed by atoms with Crippen LogP contribution in [0.4, 0.5) is 11.4 Å². The van der Waals surface area contributed by atoms with E-state index in [1.54, 1.807) is 55.6 Å². The number of ether oxygens (including phenoxy) is 2. The van der Waals surface area contributed by atoms with E-state index in [0.717, 1.165) is 0 Å². The molecule has 0 saturated carbocycles. The van der Waals surface area contributed by atoms with E-state index in [-0.39, 0.29) is 24.3 Å². The summed E-state index contributed by atoms with van der Waals surface area (Å²) in [5.74, 6) is 0.716. The molecule has 2 amide bonds. The standard InChI is InChI=1S/C19H22N2O4/c1-13(2)19(23)21-15-7-4-6-14(10-15)20-18(22)12-25-17-9-5-8-16(11-17)24-3/h4-11,13H,12H2,1-3H3,(H,20,22)(H,21,23). The van der Waals surface area contributed by atoms with Crippen LogP contribution in [0.1, 0.15) is 13.8 Å². The van der Waals surface area contributed by atoms with Gasteiger partial charge in [-0.3, -0.25) is 9.59 Å². The quantitative estimate of drug-likeness (QED) is 0.809. The number of anilines is 2. The van der Waals surface area contributed by atoms with Crippen molar-refractivity contribution in [1.29, 1.82) is 0 Å². The molecule has 0 bridgehead atoms. The van der Waals surface area contributed by atoms with Gasteiger partial charge in [0.25, 0.3) is 5.91 Å². The fourth-order valence-corrected chi connectivity index (χ4v) is 2.00. The Hall–Kier alpha value is -3.02. The Morgan fingerprint density at radius 2 is 1.60 bits per heavy atom. The second-order valence-corrected chi connectivity index (χ2v) is 5.74. The van der Waals surface area contributed by atoms with Gasteiger partial charge in [0.2, 0.25) is 5.91 Å². The molecule has 2 rings (SSSR count). The van der Waals surface area contributed by atoms with Crippen molar-refractivity contribution in [2.24, 2.45) is 5.92 Å². The Balaban J connectivity index is 1.90. The van der Waals surface area contributed by atoms with E-state index >= 15 is 0 Å². The van der Waals surface area contributed by atoms with Crippen LogP contribution in [0.15, 0.2) is 48.5 Å². The normalized spacial score (nSPS) is 10.2. The number of rotatable bonds is 7. The highest BCUT2D eigenvalue weighted by Gasteiger charge is 2.09. The predicted octanol–water partition coefficient (Wildman–Crippen LogP) is 3.31. The minimum Gasteiger partial charge on any atom is -0.497 e. The highest BCUT2D eigenvalue weighted by atomic mass is 16.5. The summed E-state index contributed by atoms with van der Waals surface area (Å²) in [6.45, 7) is 3.50. The van der Waals surface area contributed by atoms with Gasteiger partial charge < -0.3 is 20.1 Å². The van der Waals surface area contributed by atoms with Gasteiger partial charge in [-0.15, -0.1) is 0 Å². The topological polar surface area (TPSA) is 76.7 Å². The van der Waals surface area contributed by atoms with E-state index in [1.165, 1.54) is 0 Å². The molecule has 0 heterocycles. The van der Waals surface area contributed by atoms with Crippen molar-refractivity contribution in [3.8, 4) is 11.5 Å². The molecule has 0 atom stereocenters. The Morgan fingerprint density at radius 1 is 0.960 bits per heavy atom. The van der Waals surface area contributed by atoms with Crippen LogP contribution in [-0.4, -0.2) is 25.5 Å². The first-order valence-electron chi connectivity index (χ1n) is 7.95. The smallest absolute Gasteiger partial charge is 0.262 e. The third-order valence-corrected chi connectivity index (χ3v) is 3.35. The SMILES string of the molecule is COc1cccc(OCC(=O)Nc2cccc(NC(=O)C(C)C)c2)c1. The summed E-state index contributed by atoms with van der Waals surface area (Å²) < 4.78 is 10.6. The van der Waals surface area contributed by atoms with E-state index in [4.69, 9.17) is 9.47 Å². The summed E-state index contributed by atoms with van der Waals surface area (Å²) in [4.78, 5) is 23.8. The van der Waals surface area contributed by atoms with Crippen LogP contribution in [0.2, 0.25) is 0 Å². The third-order valence-electron chi connectivity index (χ3n) is 3.35. The summed E-state index contributed by atoms with van der Waals surface area (Å²) in [6.07, 6.45) is 0. The van der Waals surface area contributed by atoms with Crippen LogP contribution in [0.25, 0.3) is 0 Å². The van der Waals surface area contributed by atoms with Gasteiger partial charge in [-0.25, -0.2) is 0 Å². The van der Waals surface area contributed by atoms with E-state index < -0.39 is 0 Å². The van der Waals surface area contributed by atoms with Gasteiger partial charge in [-0.05, 0) is 30.3 Å². The number of amides is 2. The van der Waals surface area contributed by atoms with Crippen LogP contribution >= 0.6 is 0 Å². The highest BCUT2D eigenvalue weighted by Crippen LogP contribution is 2.19.